The second-order valence-corrected chi connectivity index (χ2v) is 6.71. The van der Waals surface area contributed by atoms with E-state index in [1.165, 1.54) is 0 Å². The van der Waals surface area contributed by atoms with Crippen molar-refractivity contribution in [2.75, 3.05) is 5.32 Å². The first-order valence-electron chi connectivity index (χ1n) is 9.08. The Balaban J connectivity index is 1.31. The van der Waals surface area contributed by atoms with E-state index in [9.17, 15) is 4.79 Å². The number of fused-ring (bicyclic) bond motifs is 1. The maximum Gasteiger partial charge on any atom is 0.254 e. The van der Waals surface area contributed by atoms with Gasteiger partial charge >= 0.3 is 0 Å². The van der Waals surface area contributed by atoms with Crippen LogP contribution in [0.4, 0.5) is 5.69 Å². The molecule has 1 aromatic carbocycles. The Labute approximate surface area is 162 Å². The molecule has 1 aliphatic heterocycles. The zero-order chi connectivity index (χ0) is 19.4. The fourth-order valence-electron chi connectivity index (χ4n) is 3.00. The molecule has 4 rings (SSSR count). The topological polar surface area (TPSA) is 96.9 Å². The summed E-state index contributed by atoms with van der Waals surface area (Å²) in [7, 11) is 0. The molecule has 1 N–H and O–H groups in total. The van der Waals surface area contributed by atoms with Crippen LogP contribution >= 0.6 is 0 Å². The van der Waals surface area contributed by atoms with Gasteiger partial charge in [0.1, 0.15) is 5.82 Å². The van der Waals surface area contributed by atoms with E-state index in [0.29, 0.717) is 37.9 Å². The van der Waals surface area contributed by atoms with Crippen molar-refractivity contribution in [3.8, 4) is 12.3 Å². The number of terminal acetylenes is 1. The van der Waals surface area contributed by atoms with Crippen molar-refractivity contribution in [1.29, 1.82) is 0 Å². The Hall–Kier alpha value is -3.60. The van der Waals surface area contributed by atoms with Gasteiger partial charge in [-0.15, -0.1) is 22.5 Å². The number of anilines is 1. The Bertz CT molecular complexity index is 1060. The van der Waals surface area contributed by atoms with Crippen LogP contribution in [0.25, 0.3) is 5.78 Å². The number of rotatable bonds is 8. The minimum atomic E-state index is -0.427. The average Bonchev–Trinajstić information content (AvgIpc) is 3.39. The van der Waals surface area contributed by atoms with Gasteiger partial charge in [0.05, 0.1) is 0 Å². The van der Waals surface area contributed by atoms with Gasteiger partial charge in [-0.25, -0.2) is 4.98 Å². The number of carbonyl (C=O) groups excluding carboxylic acids is 1. The second-order valence-electron chi connectivity index (χ2n) is 6.71. The van der Waals surface area contributed by atoms with E-state index in [4.69, 9.17) is 6.42 Å². The summed E-state index contributed by atoms with van der Waals surface area (Å²) in [6, 6.07) is 9.54. The maximum absolute atomic E-state index is 12.2. The molecule has 8 heteroatoms. The number of benzene rings is 1. The van der Waals surface area contributed by atoms with Gasteiger partial charge in [0, 0.05) is 50.2 Å². The fraction of sp³-hybridized carbons (Fsp3) is 0.300. The monoisotopic (exact) mass is 373 g/mol. The third-order valence-corrected chi connectivity index (χ3v) is 4.66. The zero-order valence-corrected chi connectivity index (χ0v) is 15.2. The summed E-state index contributed by atoms with van der Waals surface area (Å²) in [6.45, 7) is 0. The van der Waals surface area contributed by atoms with Crippen molar-refractivity contribution in [3.05, 3.63) is 54.1 Å². The summed E-state index contributed by atoms with van der Waals surface area (Å²) in [4.78, 5) is 16.3. The summed E-state index contributed by atoms with van der Waals surface area (Å²) >= 11 is 0. The van der Waals surface area contributed by atoms with Gasteiger partial charge in [0.25, 0.3) is 5.78 Å². The third kappa shape index (κ3) is 4.04. The van der Waals surface area contributed by atoms with Crippen LogP contribution in [0.5, 0.6) is 0 Å². The molecule has 8 nitrogen and oxygen atoms in total. The number of carbonyl (C=O) groups is 1. The SMILES string of the molecule is C#CCCC1(CCC(=O)Nc2ccc(Cc3nnc4ncccn34)cc2)N=N1. The first kappa shape index (κ1) is 17.8. The largest absolute Gasteiger partial charge is 0.326 e. The summed E-state index contributed by atoms with van der Waals surface area (Å²) in [5.74, 6) is 3.93. The number of nitrogens with zero attached hydrogens (tertiary/aromatic N) is 6. The summed E-state index contributed by atoms with van der Waals surface area (Å²) in [5, 5.41) is 19.3. The molecule has 0 aliphatic carbocycles. The minimum Gasteiger partial charge on any atom is -0.326 e. The molecular formula is C20H19N7O. The highest BCUT2D eigenvalue weighted by Gasteiger charge is 2.39. The number of hydrogen-bond donors (Lipinski definition) is 1. The van der Waals surface area contributed by atoms with E-state index in [-0.39, 0.29) is 5.91 Å². The number of hydrogen-bond acceptors (Lipinski definition) is 6. The summed E-state index contributed by atoms with van der Waals surface area (Å²) < 4.78 is 1.86. The molecule has 3 heterocycles. The molecule has 0 fully saturated rings. The molecule has 0 atom stereocenters. The molecule has 0 spiro atoms. The van der Waals surface area contributed by atoms with E-state index in [0.717, 1.165) is 17.1 Å². The third-order valence-electron chi connectivity index (χ3n) is 4.66. The standard InChI is InChI=1S/C20H19N7O/c1-2-3-10-20(25-26-20)11-9-18(28)22-16-7-5-15(6-8-16)14-17-23-24-19-21-12-4-13-27(17)19/h1,4-8,12-13H,3,9-11,14H2,(H,22,28). The zero-order valence-electron chi connectivity index (χ0n) is 15.2. The number of amides is 1. The van der Waals surface area contributed by atoms with Crippen molar-refractivity contribution >= 4 is 17.4 Å². The van der Waals surface area contributed by atoms with Crippen LogP contribution in [0.3, 0.4) is 0 Å². The summed E-state index contributed by atoms with van der Waals surface area (Å²) in [5.41, 5.74) is 1.40. The van der Waals surface area contributed by atoms with Crippen molar-refractivity contribution in [1.82, 2.24) is 19.6 Å². The Morgan fingerprint density at radius 2 is 2.00 bits per heavy atom. The lowest BCUT2D eigenvalue weighted by atomic mass is 10.0. The smallest absolute Gasteiger partial charge is 0.254 e. The van der Waals surface area contributed by atoms with E-state index in [1.54, 1.807) is 6.20 Å². The molecule has 0 bridgehead atoms. The van der Waals surface area contributed by atoms with Crippen molar-refractivity contribution in [2.24, 2.45) is 10.2 Å². The van der Waals surface area contributed by atoms with Crippen molar-refractivity contribution in [2.45, 2.75) is 37.8 Å². The maximum atomic E-state index is 12.2. The van der Waals surface area contributed by atoms with E-state index < -0.39 is 5.66 Å². The normalized spacial score (nSPS) is 14.0. The lowest BCUT2D eigenvalue weighted by Crippen LogP contribution is -2.17. The second kappa shape index (κ2) is 7.56. The van der Waals surface area contributed by atoms with Crippen LogP contribution in [0.1, 0.15) is 37.1 Å². The highest BCUT2D eigenvalue weighted by atomic mass is 16.1. The highest BCUT2D eigenvalue weighted by molar-refractivity contribution is 5.90. The Morgan fingerprint density at radius 3 is 2.75 bits per heavy atom. The van der Waals surface area contributed by atoms with Crippen LogP contribution in [-0.4, -0.2) is 31.2 Å². The molecule has 2 aromatic heterocycles. The molecule has 28 heavy (non-hydrogen) atoms. The van der Waals surface area contributed by atoms with Crippen LogP contribution < -0.4 is 5.32 Å². The molecule has 0 saturated carbocycles. The lowest BCUT2D eigenvalue weighted by molar-refractivity contribution is -0.116. The van der Waals surface area contributed by atoms with Crippen LogP contribution in [0, 0.1) is 12.3 Å². The predicted octanol–water partition coefficient (Wildman–Crippen LogP) is 3.01. The van der Waals surface area contributed by atoms with Crippen LogP contribution in [0.2, 0.25) is 0 Å². The lowest BCUT2D eigenvalue weighted by Gasteiger charge is -2.09. The number of nitrogens with one attached hydrogen (secondary N) is 1. The average molecular weight is 373 g/mol. The summed E-state index contributed by atoms with van der Waals surface area (Å²) in [6.07, 6.45) is 11.8. The first-order chi connectivity index (χ1) is 13.7. The minimum absolute atomic E-state index is 0.0559. The first-order valence-corrected chi connectivity index (χ1v) is 9.08. The molecule has 0 unspecified atom stereocenters. The molecule has 0 saturated heterocycles. The van der Waals surface area contributed by atoms with Gasteiger partial charge in [-0.3, -0.25) is 9.20 Å². The van der Waals surface area contributed by atoms with Gasteiger partial charge in [-0.05, 0) is 23.8 Å². The van der Waals surface area contributed by atoms with Crippen LogP contribution in [-0.2, 0) is 11.2 Å². The van der Waals surface area contributed by atoms with Crippen molar-refractivity contribution < 1.29 is 4.79 Å². The molecule has 1 amide bonds. The molecular weight excluding hydrogens is 354 g/mol. The van der Waals surface area contributed by atoms with Crippen molar-refractivity contribution in [3.63, 3.8) is 0 Å². The predicted molar refractivity (Wildman–Crippen MR) is 104 cm³/mol. The van der Waals surface area contributed by atoms with Gasteiger partial charge in [0.15, 0.2) is 5.66 Å². The fourth-order valence-corrected chi connectivity index (χ4v) is 3.00. The molecule has 1 aliphatic rings. The van der Waals surface area contributed by atoms with Gasteiger partial charge in [0.2, 0.25) is 5.91 Å². The molecule has 3 aromatic rings. The van der Waals surface area contributed by atoms with Gasteiger partial charge in [-0.1, -0.05) is 12.1 Å². The van der Waals surface area contributed by atoms with Gasteiger partial charge < -0.3 is 5.32 Å². The van der Waals surface area contributed by atoms with Gasteiger partial charge in [-0.2, -0.15) is 10.2 Å². The van der Waals surface area contributed by atoms with E-state index in [2.05, 4.69) is 36.6 Å². The quantitative estimate of drug-likeness (QED) is 0.614. The molecule has 140 valence electrons. The van der Waals surface area contributed by atoms with E-state index in [1.807, 2.05) is 40.9 Å². The molecule has 0 radical (unpaired) electrons. The van der Waals surface area contributed by atoms with Crippen LogP contribution in [0.15, 0.2) is 53.0 Å². The number of aromatic nitrogens is 4. The Kier molecular flexibility index (Phi) is 4.81. The van der Waals surface area contributed by atoms with E-state index >= 15 is 0 Å². The Morgan fingerprint density at radius 1 is 1.18 bits per heavy atom. The highest BCUT2D eigenvalue weighted by Crippen LogP contribution is 2.37.